The zero-order valence-corrected chi connectivity index (χ0v) is 16.5. The predicted molar refractivity (Wildman–Crippen MR) is 96.5 cm³/mol. The summed E-state index contributed by atoms with van der Waals surface area (Å²) >= 11 is 0. The summed E-state index contributed by atoms with van der Waals surface area (Å²) in [5, 5.41) is 9.64. The number of fused-ring (bicyclic) bond motifs is 1. The highest BCUT2D eigenvalue weighted by Crippen LogP contribution is 2.58. The second-order valence-corrected chi connectivity index (χ2v) is 13.0. The SMILES string of the molecule is CC[Si](CC)(CC)O[C@@H]1CCC[C@]2(C)[C@@H]1CC[C@H]2[C@@H](C)CO. The molecule has 1 N–H and O–H groups in total. The van der Waals surface area contributed by atoms with Gasteiger partial charge in [-0.1, -0.05) is 41.0 Å². The molecule has 0 amide bonds. The molecule has 22 heavy (non-hydrogen) atoms. The van der Waals surface area contributed by atoms with E-state index >= 15 is 0 Å². The second kappa shape index (κ2) is 7.35. The van der Waals surface area contributed by atoms with Crippen LogP contribution in [0.25, 0.3) is 0 Å². The minimum atomic E-state index is -1.50. The van der Waals surface area contributed by atoms with Crippen molar-refractivity contribution in [3.05, 3.63) is 0 Å². The van der Waals surface area contributed by atoms with Crippen molar-refractivity contribution in [2.75, 3.05) is 6.61 Å². The van der Waals surface area contributed by atoms with Gasteiger partial charge in [0.05, 0.1) is 0 Å². The van der Waals surface area contributed by atoms with Crippen LogP contribution in [0.4, 0.5) is 0 Å². The Labute approximate surface area is 139 Å². The lowest BCUT2D eigenvalue weighted by Gasteiger charge is -2.48. The maximum Gasteiger partial charge on any atom is 0.192 e. The molecule has 0 bridgehead atoms. The van der Waals surface area contributed by atoms with Crippen molar-refractivity contribution in [3.63, 3.8) is 0 Å². The molecule has 2 aliphatic carbocycles. The fourth-order valence-electron chi connectivity index (χ4n) is 5.68. The Morgan fingerprint density at radius 2 is 1.77 bits per heavy atom. The summed E-state index contributed by atoms with van der Waals surface area (Å²) in [4.78, 5) is 0. The third-order valence-electron chi connectivity index (χ3n) is 7.44. The lowest BCUT2D eigenvalue weighted by atomic mass is 9.62. The highest BCUT2D eigenvalue weighted by atomic mass is 28.4. The molecule has 0 aromatic carbocycles. The van der Waals surface area contributed by atoms with Crippen molar-refractivity contribution in [2.45, 2.75) is 91.0 Å². The Hall–Kier alpha value is 0.137. The minimum Gasteiger partial charge on any atom is -0.414 e. The highest BCUT2D eigenvalue weighted by Gasteiger charge is 2.53. The molecule has 2 nitrogen and oxygen atoms in total. The summed E-state index contributed by atoms with van der Waals surface area (Å²) in [6.07, 6.45) is 7.04. The van der Waals surface area contributed by atoms with E-state index in [2.05, 4.69) is 34.6 Å². The zero-order valence-electron chi connectivity index (χ0n) is 15.5. The van der Waals surface area contributed by atoms with E-state index in [1.165, 1.54) is 50.2 Å². The molecule has 2 aliphatic rings. The molecule has 0 heterocycles. The van der Waals surface area contributed by atoms with Crippen LogP contribution in [0.5, 0.6) is 0 Å². The molecule has 0 aliphatic heterocycles. The Balaban J connectivity index is 2.16. The number of hydrogen-bond donors (Lipinski definition) is 1. The van der Waals surface area contributed by atoms with Gasteiger partial charge in [0.15, 0.2) is 8.32 Å². The van der Waals surface area contributed by atoms with E-state index < -0.39 is 8.32 Å². The maximum atomic E-state index is 9.64. The van der Waals surface area contributed by atoms with Gasteiger partial charge in [0.2, 0.25) is 0 Å². The number of aliphatic hydroxyl groups excluding tert-OH is 1. The zero-order chi connectivity index (χ0) is 16.4. The minimum absolute atomic E-state index is 0.343. The van der Waals surface area contributed by atoms with Gasteiger partial charge in [0.25, 0.3) is 0 Å². The normalized spacial score (nSPS) is 37.1. The molecule has 2 saturated carbocycles. The van der Waals surface area contributed by atoms with Crippen LogP contribution in [0.3, 0.4) is 0 Å². The first-order valence-corrected chi connectivity index (χ1v) is 12.3. The Morgan fingerprint density at radius 3 is 2.32 bits per heavy atom. The Morgan fingerprint density at radius 1 is 1.14 bits per heavy atom. The number of aliphatic hydroxyl groups is 1. The smallest absolute Gasteiger partial charge is 0.192 e. The molecule has 130 valence electrons. The van der Waals surface area contributed by atoms with Gasteiger partial charge in [-0.3, -0.25) is 0 Å². The van der Waals surface area contributed by atoms with Crippen molar-refractivity contribution < 1.29 is 9.53 Å². The van der Waals surface area contributed by atoms with E-state index in [1.807, 2.05) is 0 Å². The van der Waals surface area contributed by atoms with Gasteiger partial charge in [-0.25, -0.2) is 0 Å². The first-order chi connectivity index (χ1) is 10.5. The van der Waals surface area contributed by atoms with E-state index in [1.54, 1.807) is 0 Å². The van der Waals surface area contributed by atoms with Gasteiger partial charge in [-0.2, -0.15) is 0 Å². The van der Waals surface area contributed by atoms with Gasteiger partial charge in [-0.15, -0.1) is 0 Å². The van der Waals surface area contributed by atoms with E-state index in [0.717, 1.165) is 5.92 Å². The van der Waals surface area contributed by atoms with Crippen LogP contribution in [-0.4, -0.2) is 26.1 Å². The summed E-state index contributed by atoms with van der Waals surface area (Å²) in [6.45, 7) is 12.1. The first kappa shape index (κ1) is 18.5. The van der Waals surface area contributed by atoms with Crippen LogP contribution in [0, 0.1) is 23.2 Å². The lowest BCUT2D eigenvalue weighted by Crippen LogP contribution is -2.48. The van der Waals surface area contributed by atoms with Gasteiger partial charge < -0.3 is 9.53 Å². The first-order valence-electron chi connectivity index (χ1n) is 9.75. The molecule has 5 atom stereocenters. The average molecular weight is 327 g/mol. The van der Waals surface area contributed by atoms with Crippen molar-refractivity contribution in [3.8, 4) is 0 Å². The van der Waals surface area contributed by atoms with Crippen LogP contribution in [0.1, 0.15) is 66.7 Å². The summed E-state index contributed by atoms with van der Waals surface area (Å²) in [7, 11) is -1.50. The van der Waals surface area contributed by atoms with E-state index in [-0.39, 0.29) is 0 Å². The van der Waals surface area contributed by atoms with Gasteiger partial charge >= 0.3 is 0 Å². The fourth-order valence-corrected chi connectivity index (χ4v) is 8.61. The van der Waals surface area contributed by atoms with Crippen molar-refractivity contribution in [2.24, 2.45) is 23.2 Å². The Bertz CT molecular complexity index is 347. The molecule has 0 aromatic rings. The number of hydrogen-bond acceptors (Lipinski definition) is 2. The van der Waals surface area contributed by atoms with Crippen LogP contribution in [0.2, 0.25) is 18.1 Å². The topological polar surface area (TPSA) is 29.5 Å². The van der Waals surface area contributed by atoms with Crippen LogP contribution < -0.4 is 0 Å². The summed E-state index contributed by atoms with van der Waals surface area (Å²) in [5.41, 5.74) is 0.403. The fraction of sp³-hybridized carbons (Fsp3) is 1.00. The van der Waals surface area contributed by atoms with Gasteiger partial charge in [0.1, 0.15) is 0 Å². The average Bonchev–Trinajstić information content (AvgIpc) is 2.90. The van der Waals surface area contributed by atoms with E-state index in [9.17, 15) is 5.11 Å². The molecule has 2 fully saturated rings. The summed E-state index contributed by atoms with van der Waals surface area (Å²) < 4.78 is 6.94. The molecule has 0 spiro atoms. The largest absolute Gasteiger partial charge is 0.414 e. The van der Waals surface area contributed by atoms with Crippen LogP contribution in [-0.2, 0) is 4.43 Å². The molecular formula is C19H38O2Si. The summed E-state index contributed by atoms with van der Waals surface area (Å²) in [5.74, 6) is 1.87. The second-order valence-electron chi connectivity index (χ2n) is 8.25. The summed E-state index contributed by atoms with van der Waals surface area (Å²) in [6, 6.07) is 3.78. The molecule has 0 unspecified atom stereocenters. The maximum absolute atomic E-state index is 9.64. The lowest BCUT2D eigenvalue weighted by molar-refractivity contribution is -0.0251. The standard InChI is InChI=1S/C19H38O2Si/c1-6-22(7-2,8-3)21-18-10-9-13-19(5)16(15(4)14-20)11-12-17(18)19/h15-18,20H,6-14H2,1-5H3/t15-,16-,17+,18+,19-/m0/s1. The van der Waals surface area contributed by atoms with Gasteiger partial charge in [0, 0.05) is 12.7 Å². The molecule has 0 aromatic heterocycles. The molecular weight excluding hydrogens is 288 g/mol. The van der Waals surface area contributed by atoms with Crippen LogP contribution in [0.15, 0.2) is 0 Å². The van der Waals surface area contributed by atoms with Crippen molar-refractivity contribution >= 4 is 8.32 Å². The van der Waals surface area contributed by atoms with Gasteiger partial charge in [-0.05, 0) is 67.0 Å². The van der Waals surface area contributed by atoms with Crippen LogP contribution >= 0.6 is 0 Å². The molecule has 3 heteroatoms. The Kier molecular flexibility index (Phi) is 6.18. The highest BCUT2D eigenvalue weighted by molar-refractivity contribution is 6.73. The van der Waals surface area contributed by atoms with E-state index in [4.69, 9.17) is 4.43 Å². The monoisotopic (exact) mass is 326 g/mol. The third-order valence-corrected chi connectivity index (χ3v) is 12.1. The van der Waals surface area contributed by atoms with Crippen molar-refractivity contribution in [1.29, 1.82) is 0 Å². The molecule has 2 rings (SSSR count). The molecule has 0 radical (unpaired) electrons. The van der Waals surface area contributed by atoms with Crippen molar-refractivity contribution in [1.82, 2.24) is 0 Å². The number of rotatable bonds is 7. The predicted octanol–water partition coefficient (Wildman–Crippen LogP) is 5.22. The molecule has 0 saturated heterocycles. The van der Waals surface area contributed by atoms with E-state index in [0.29, 0.717) is 30.0 Å². The third kappa shape index (κ3) is 3.18. The quantitative estimate of drug-likeness (QED) is 0.650.